The highest BCUT2D eigenvalue weighted by molar-refractivity contribution is 6.14. The molecule has 65 heavy (non-hydrogen) atoms. The summed E-state index contributed by atoms with van der Waals surface area (Å²) in [4.78, 5) is 2.39. The summed E-state index contributed by atoms with van der Waals surface area (Å²) in [6, 6.07) is 87.8. The van der Waals surface area contributed by atoms with Gasteiger partial charge in [-0.3, -0.25) is 0 Å². The topological polar surface area (TPSA) is 21.3 Å². The van der Waals surface area contributed by atoms with Gasteiger partial charge in [0, 0.05) is 49.7 Å². The van der Waals surface area contributed by atoms with Crippen molar-refractivity contribution in [3.63, 3.8) is 0 Å². The summed E-state index contributed by atoms with van der Waals surface area (Å²) < 4.78 is 9.31. The van der Waals surface area contributed by atoms with Gasteiger partial charge in [0.15, 0.2) is 0 Å². The van der Waals surface area contributed by atoms with Crippen molar-refractivity contribution in [3.8, 4) is 39.1 Å². The molecule has 2 aromatic heterocycles. The zero-order valence-corrected chi connectivity index (χ0v) is 35.4. The average molecular weight is 829 g/mol. The first-order valence-electron chi connectivity index (χ1n) is 22.2. The van der Waals surface area contributed by atoms with Crippen molar-refractivity contribution in [1.82, 2.24) is 4.57 Å². The van der Waals surface area contributed by atoms with Gasteiger partial charge in [-0.1, -0.05) is 170 Å². The van der Waals surface area contributed by atoms with Crippen molar-refractivity contribution in [1.29, 1.82) is 0 Å². The highest BCUT2D eigenvalue weighted by atomic mass is 16.3. The van der Waals surface area contributed by atoms with E-state index in [9.17, 15) is 0 Å². The normalized spacial score (nSPS) is 11.7. The molecule has 304 valence electrons. The first-order valence-corrected chi connectivity index (χ1v) is 22.2. The SMILES string of the molecule is c1ccc(-n2c3ccccc3c3ccccc32)c(-c2cc(N(c3ccc(-c4ccc5ccccc5c4)cc3)c3ccc(-c4ccc5ccccc5c4)cc3)cc3c2oc2ccccc23)c1. The largest absolute Gasteiger partial charge is 0.455 e. The first-order chi connectivity index (χ1) is 32.2. The molecule has 0 spiro atoms. The molecule has 0 radical (unpaired) electrons. The quantitative estimate of drug-likeness (QED) is 0.160. The first kappa shape index (κ1) is 36.9. The molecule has 0 amide bonds. The van der Waals surface area contributed by atoms with E-state index in [-0.39, 0.29) is 0 Å². The maximum Gasteiger partial charge on any atom is 0.143 e. The minimum atomic E-state index is 0.862. The van der Waals surface area contributed by atoms with Crippen molar-refractivity contribution < 1.29 is 4.42 Å². The summed E-state index contributed by atoms with van der Waals surface area (Å²) in [6.45, 7) is 0. The Balaban J connectivity index is 1.02. The van der Waals surface area contributed by atoms with Gasteiger partial charge in [0.25, 0.3) is 0 Å². The molecule has 0 bridgehead atoms. The third-order valence-electron chi connectivity index (χ3n) is 13.2. The second-order valence-corrected chi connectivity index (χ2v) is 16.9. The van der Waals surface area contributed by atoms with Gasteiger partial charge >= 0.3 is 0 Å². The molecule has 0 aliphatic rings. The van der Waals surface area contributed by atoms with Gasteiger partial charge in [0.1, 0.15) is 11.2 Å². The minimum absolute atomic E-state index is 0.862. The fourth-order valence-corrected chi connectivity index (χ4v) is 10.0. The van der Waals surface area contributed by atoms with Crippen molar-refractivity contribution in [2.75, 3.05) is 4.90 Å². The summed E-state index contributed by atoms with van der Waals surface area (Å²) in [5.41, 5.74) is 15.1. The van der Waals surface area contributed by atoms with E-state index in [1.165, 1.54) is 54.6 Å². The molecule has 0 N–H and O–H groups in total. The maximum absolute atomic E-state index is 6.89. The third-order valence-corrected chi connectivity index (χ3v) is 13.2. The molecule has 0 fully saturated rings. The van der Waals surface area contributed by atoms with Crippen LogP contribution in [0, 0.1) is 0 Å². The van der Waals surface area contributed by atoms with E-state index in [1.54, 1.807) is 0 Å². The van der Waals surface area contributed by atoms with Gasteiger partial charge < -0.3 is 13.9 Å². The summed E-state index contributed by atoms with van der Waals surface area (Å²) >= 11 is 0. The molecule has 0 saturated carbocycles. The number of nitrogens with zero attached hydrogens (tertiary/aromatic N) is 2. The summed E-state index contributed by atoms with van der Waals surface area (Å²) in [6.07, 6.45) is 0. The van der Waals surface area contributed by atoms with Gasteiger partial charge in [-0.25, -0.2) is 0 Å². The maximum atomic E-state index is 6.89. The highest BCUT2D eigenvalue weighted by Crippen LogP contribution is 2.46. The number of para-hydroxylation sites is 4. The summed E-state index contributed by atoms with van der Waals surface area (Å²) in [5, 5.41) is 9.55. The van der Waals surface area contributed by atoms with Crippen LogP contribution in [0.15, 0.2) is 247 Å². The van der Waals surface area contributed by atoms with Crippen molar-refractivity contribution in [2.24, 2.45) is 0 Å². The van der Waals surface area contributed by atoms with E-state index in [4.69, 9.17) is 4.42 Å². The molecule has 13 rings (SSSR count). The lowest BCUT2D eigenvalue weighted by Crippen LogP contribution is -2.10. The molecule has 2 heterocycles. The molecular formula is C62H40N2O. The highest BCUT2D eigenvalue weighted by Gasteiger charge is 2.23. The van der Waals surface area contributed by atoms with E-state index >= 15 is 0 Å². The fourth-order valence-electron chi connectivity index (χ4n) is 10.0. The van der Waals surface area contributed by atoms with Crippen molar-refractivity contribution >= 4 is 82.4 Å². The Bertz CT molecular complexity index is 3770. The Labute approximate surface area is 376 Å². The number of furan rings is 1. The average Bonchev–Trinajstić information content (AvgIpc) is 3.92. The molecular weight excluding hydrogens is 789 g/mol. The predicted octanol–water partition coefficient (Wildman–Crippen LogP) is 17.5. The lowest BCUT2D eigenvalue weighted by molar-refractivity contribution is 0.670. The van der Waals surface area contributed by atoms with Crippen LogP contribution < -0.4 is 4.90 Å². The van der Waals surface area contributed by atoms with Gasteiger partial charge in [-0.05, 0) is 117 Å². The van der Waals surface area contributed by atoms with Crippen LogP contribution in [-0.2, 0) is 0 Å². The number of hydrogen-bond acceptors (Lipinski definition) is 2. The third kappa shape index (κ3) is 6.20. The number of anilines is 3. The number of hydrogen-bond donors (Lipinski definition) is 0. The van der Waals surface area contributed by atoms with Crippen molar-refractivity contribution in [3.05, 3.63) is 243 Å². The summed E-state index contributed by atoms with van der Waals surface area (Å²) in [7, 11) is 0. The van der Waals surface area contributed by atoms with Crippen LogP contribution in [0.4, 0.5) is 17.1 Å². The Hall–Kier alpha value is -8.66. The van der Waals surface area contributed by atoms with Gasteiger partial charge in [0.2, 0.25) is 0 Å². The van der Waals surface area contributed by atoms with E-state index in [2.05, 4.69) is 252 Å². The van der Waals surface area contributed by atoms with Crippen LogP contribution in [0.2, 0.25) is 0 Å². The second-order valence-electron chi connectivity index (χ2n) is 16.9. The van der Waals surface area contributed by atoms with Crippen LogP contribution in [0.1, 0.15) is 0 Å². The smallest absolute Gasteiger partial charge is 0.143 e. The second kappa shape index (κ2) is 15.0. The Morgan fingerprint density at radius 2 is 0.785 bits per heavy atom. The number of fused-ring (bicyclic) bond motifs is 8. The van der Waals surface area contributed by atoms with E-state index in [0.29, 0.717) is 0 Å². The van der Waals surface area contributed by atoms with Crippen LogP contribution in [0.3, 0.4) is 0 Å². The number of rotatable bonds is 7. The molecule has 3 nitrogen and oxygen atoms in total. The zero-order valence-electron chi connectivity index (χ0n) is 35.4. The van der Waals surface area contributed by atoms with E-state index in [0.717, 1.165) is 66.8 Å². The molecule has 0 aliphatic heterocycles. The standard InChI is InChI=1S/C62H40N2O/c1-3-15-45-37-47(27-25-41(45)13-1)43-29-33-49(34-30-43)63(50-35-31-44(32-36-50)48-28-26-42-14-2-4-16-46(42)38-48)51-39-56(62-57(40-51)55-20-8-12-24-61(55)65-62)54-19-7-11-23-60(54)64-58-21-9-5-17-52(58)53-18-6-10-22-59(53)64/h1-40H. The fraction of sp³-hybridized carbons (Fsp3) is 0. The molecule has 0 unspecified atom stereocenters. The van der Waals surface area contributed by atoms with E-state index < -0.39 is 0 Å². The zero-order chi connectivity index (χ0) is 42.8. The predicted molar refractivity (Wildman–Crippen MR) is 274 cm³/mol. The molecule has 0 aliphatic carbocycles. The van der Waals surface area contributed by atoms with Crippen LogP contribution >= 0.6 is 0 Å². The van der Waals surface area contributed by atoms with Crippen LogP contribution in [0.25, 0.3) is 104 Å². The van der Waals surface area contributed by atoms with Gasteiger partial charge in [0.05, 0.1) is 16.7 Å². The molecule has 13 aromatic rings. The van der Waals surface area contributed by atoms with Gasteiger partial charge in [-0.2, -0.15) is 0 Å². The van der Waals surface area contributed by atoms with Gasteiger partial charge in [-0.15, -0.1) is 0 Å². The minimum Gasteiger partial charge on any atom is -0.455 e. The van der Waals surface area contributed by atoms with Crippen molar-refractivity contribution in [2.45, 2.75) is 0 Å². The monoisotopic (exact) mass is 828 g/mol. The van der Waals surface area contributed by atoms with Crippen LogP contribution in [0.5, 0.6) is 0 Å². The summed E-state index contributed by atoms with van der Waals surface area (Å²) in [5.74, 6) is 0. The molecule has 0 atom stereocenters. The molecule has 11 aromatic carbocycles. The number of aromatic nitrogens is 1. The lowest BCUT2D eigenvalue weighted by Gasteiger charge is -2.27. The Kier molecular flexibility index (Phi) is 8.53. The Morgan fingerprint density at radius 3 is 1.38 bits per heavy atom. The van der Waals surface area contributed by atoms with Crippen LogP contribution in [-0.4, -0.2) is 4.57 Å². The molecule has 3 heteroatoms. The van der Waals surface area contributed by atoms with E-state index in [1.807, 2.05) is 0 Å². The number of benzene rings is 11. The lowest BCUT2D eigenvalue weighted by atomic mass is 9.97. The molecule has 0 saturated heterocycles. The Morgan fingerprint density at radius 1 is 0.308 bits per heavy atom.